The van der Waals surface area contributed by atoms with Crippen molar-refractivity contribution in [3.05, 3.63) is 29.3 Å². The van der Waals surface area contributed by atoms with E-state index in [-0.39, 0.29) is 24.6 Å². The molecule has 2 atom stereocenters. The van der Waals surface area contributed by atoms with Gasteiger partial charge < -0.3 is 15.1 Å². The Labute approximate surface area is 125 Å². The Hall–Kier alpha value is -1.24. The molecule has 0 aliphatic carbocycles. The van der Waals surface area contributed by atoms with Gasteiger partial charge >= 0.3 is 5.97 Å². The highest BCUT2D eigenvalue weighted by Gasteiger charge is 2.38. The van der Waals surface area contributed by atoms with Crippen LogP contribution in [0.2, 0.25) is 5.02 Å². The number of thioether (sulfide) groups is 1. The van der Waals surface area contributed by atoms with Crippen LogP contribution in [-0.4, -0.2) is 51.4 Å². The average Bonchev–Trinajstić information content (AvgIpc) is 2.80. The molecule has 1 aromatic carbocycles. The normalized spacial score (nSPS) is 22.0. The molecule has 0 aromatic heterocycles. The number of aliphatic carboxylic acids is 1. The Morgan fingerprint density at radius 3 is 2.75 bits per heavy atom. The van der Waals surface area contributed by atoms with Crippen LogP contribution < -0.4 is 0 Å². The number of halogens is 1. The first-order valence-corrected chi connectivity index (χ1v) is 7.43. The Morgan fingerprint density at radius 2 is 2.10 bits per heavy atom. The average molecular weight is 316 g/mol. The monoisotopic (exact) mass is 315 g/mol. The standard InChI is InChI=1S/C13H14ClNO4S/c14-9-3-1-2-4-11(9)20-7-12(17)15-6-8(16)5-10(15)13(18)19/h1-4,8,10,16H,5-7H2,(H,18,19)/t8-,10-/m1/s1. The van der Waals surface area contributed by atoms with Crippen LogP contribution in [0.5, 0.6) is 0 Å². The zero-order valence-corrected chi connectivity index (χ0v) is 12.1. The lowest BCUT2D eigenvalue weighted by atomic mass is 10.2. The van der Waals surface area contributed by atoms with Gasteiger partial charge in [-0.25, -0.2) is 4.79 Å². The second kappa shape index (κ2) is 6.47. The lowest BCUT2D eigenvalue weighted by molar-refractivity contribution is -0.147. The first-order valence-electron chi connectivity index (χ1n) is 6.06. The van der Waals surface area contributed by atoms with E-state index in [2.05, 4.69) is 0 Å². The predicted molar refractivity (Wildman–Crippen MR) is 75.9 cm³/mol. The summed E-state index contributed by atoms with van der Waals surface area (Å²) in [5.41, 5.74) is 0. The van der Waals surface area contributed by atoms with E-state index in [0.29, 0.717) is 5.02 Å². The minimum Gasteiger partial charge on any atom is -0.480 e. The third-order valence-corrected chi connectivity index (χ3v) is 4.57. The van der Waals surface area contributed by atoms with E-state index in [1.54, 1.807) is 18.2 Å². The first-order chi connectivity index (χ1) is 9.49. The smallest absolute Gasteiger partial charge is 0.326 e. The Morgan fingerprint density at radius 1 is 1.40 bits per heavy atom. The van der Waals surface area contributed by atoms with Gasteiger partial charge in [-0.05, 0) is 12.1 Å². The summed E-state index contributed by atoms with van der Waals surface area (Å²) in [6, 6.07) is 6.20. The molecule has 1 fully saturated rings. The molecule has 5 nitrogen and oxygen atoms in total. The summed E-state index contributed by atoms with van der Waals surface area (Å²) in [5.74, 6) is -1.29. The second-order valence-corrected chi connectivity index (χ2v) is 5.93. The van der Waals surface area contributed by atoms with Gasteiger partial charge in [-0.1, -0.05) is 23.7 Å². The van der Waals surface area contributed by atoms with Gasteiger partial charge in [-0.3, -0.25) is 4.79 Å². The highest BCUT2D eigenvalue weighted by Crippen LogP contribution is 2.28. The van der Waals surface area contributed by atoms with Crippen LogP contribution in [0.25, 0.3) is 0 Å². The maximum atomic E-state index is 12.1. The first kappa shape index (κ1) is 15.2. The summed E-state index contributed by atoms with van der Waals surface area (Å²) >= 11 is 7.25. The van der Waals surface area contributed by atoms with E-state index in [4.69, 9.17) is 16.7 Å². The number of aliphatic hydroxyl groups excluding tert-OH is 1. The third-order valence-electron chi connectivity index (χ3n) is 3.07. The topological polar surface area (TPSA) is 77.8 Å². The van der Waals surface area contributed by atoms with E-state index in [9.17, 15) is 14.7 Å². The van der Waals surface area contributed by atoms with E-state index < -0.39 is 18.1 Å². The van der Waals surface area contributed by atoms with Crippen molar-refractivity contribution < 1.29 is 19.8 Å². The number of hydrogen-bond acceptors (Lipinski definition) is 4. The SMILES string of the molecule is O=C(O)[C@H]1C[C@@H](O)CN1C(=O)CSc1ccccc1Cl. The number of benzene rings is 1. The summed E-state index contributed by atoms with van der Waals surface area (Å²) < 4.78 is 0. The van der Waals surface area contributed by atoms with E-state index in [1.165, 1.54) is 16.7 Å². The highest BCUT2D eigenvalue weighted by atomic mass is 35.5. The van der Waals surface area contributed by atoms with E-state index in [0.717, 1.165) is 4.90 Å². The van der Waals surface area contributed by atoms with Gasteiger partial charge in [0.1, 0.15) is 6.04 Å². The van der Waals surface area contributed by atoms with Gasteiger partial charge in [0.2, 0.25) is 5.91 Å². The number of β-amino-alcohol motifs (C(OH)–C–C–N with tert-alkyl or cyclic N) is 1. The van der Waals surface area contributed by atoms with Crippen molar-refractivity contribution in [2.75, 3.05) is 12.3 Å². The predicted octanol–water partition coefficient (Wildman–Crippen LogP) is 1.48. The van der Waals surface area contributed by atoms with Crippen molar-refractivity contribution in [3.8, 4) is 0 Å². The number of carbonyl (C=O) groups is 2. The zero-order valence-electron chi connectivity index (χ0n) is 10.5. The molecule has 1 saturated heterocycles. The number of carboxylic acid groups (broad SMARTS) is 1. The molecule has 2 N–H and O–H groups in total. The molecule has 2 rings (SSSR count). The quantitative estimate of drug-likeness (QED) is 0.823. The van der Waals surface area contributed by atoms with Crippen LogP contribution in [0, 0.1) is 0 Å². The number of nitrogens with zero attached hydrogens (tertiary/aromatic N) is 1. The Kier molecular flexibility index (Phi) is 4.91. The van der Waals surface area contributed by atoms with Gasteiger partial charge in [0.15, 0.2) is 0 Å². The molecule has 1 aliphatic rings. The van der Waals surface area contributed by atoms with Crippen molar-refractivity contribution in [3.63, 3.8) is 0 Å². The molecule has 1 aliphatic heterocycles. The Balaban J connectivity index is 1.98. The largest absolute Gasteiger partial charge is 0.480 e. The van der Waals surface area contributed by atoms with Gasteiger partial charge in [0.25, 0.3) is 0 Å². The van der Waals surface area contributed by atoms with Crippen LogP contribution in [-0.2, 0) is 9.59 Å². The second-order valence-electron chi connectivity index (χ2n) is 4.51. The van der Waals surface area contributed by atoms with E-state index in [1.807, 2.05) is 6.07 Å². The molecule has 108 valence electrons. The van der Waals surface area contributed by atoms with Crippen LogP contribution in [0.15, 0.2) is 29.2 Å². The van der Waals surface area contributed by atoms with Gasteiger partial charge in [0, 0.05) is 17.9 Å². The van der Waals surface area contributed by atoms with Gasteiger partial charge in [0.05, 0.1) is 16.9 Å². The summed E-state index contributed by atoms with van der Waals surface area (Å²) in [5, 5.41) is 19.1. The molecule has 7 heteroatoms. The highest BCUT2D eigenvalue weighted by molar-refractivity contribution is 8.00. The van der Waals surface area contributed by atoms with E-state index >= 15 is 0 Å². The maximum absolute atomic E-state index is 12.1. The molecular weight excluding hydrogens is 302 g/mol. The number of rotatable bonds is 4. The summed E-state index contributed by atoms with van der Waals surface area (Å²) in [4.78, 5) is 25.1. The Bertz CT molecular complexity index is 525. The van der Waals surface area contributed by atoms with Crippen molar-refractivity contribution in [2.45, 2.75) is 23.5 Å². The van der Waals surface area contributed by atoms with Gasteiger partial charge in [-0.15, -0.1) is 11.8 Å². The molecule has 20 heavy (non-hydrogen) atoms. The maximum Gasteiger partial charge on any atom is 0.326 e. The van der Waals surface area contributed by atoms with Gasteiger partial charge in [-0.2, -0.15) is 0 Å². The van der Waals surface area contributed by atoms with Crippen LogP contribution in [0.4, 0.5) is 0 Å². The van der Waals surface area contributed by atoms with Crippen molar-refractivity contribution in [1.29, 1.82) is 0 Å². The lowest BCUT2D eigenvalue weighted by Gasteiger charge is -2.20. The molecule has 0 spiro atoms. The molecule has 0 bridgehead atoms. The lowest BCUT2D eigenvalue weighted by Crippen LogP contribution is -2.41. The third kappa shape index (κ3) is 3.45. The molecule has 0 saturated carbocycles. The summed E-state index contributed by atoms with van der Waals surface area (Å²) in [7, 11) is 0. The fraction of sp³-hybridized carbons (Fsp3) is 0.385. The summed E-state index contributed by atoms with van der Waals surface area (Å²) in [6.45, 7) is 0.0683. The van der Waals surface area contributed by atoms with Crippen LogP contribution in [0.1, 0.15) is 6.42 Å². The molecular formula is C13H14ClNO4S. The minimum absolute atomic E-state index is 0.0683. The molecule has 1 heterocycles. The molecule has 1 aromatic rings. The van der Waals surface area contributed by atoms with Crippen molar-refractivity contribution in [1.82, 2.24) is 4.90 Å². The van der Waals surface area contributed by atoms with Crippen molar-refractivity contribution in [2.24, 2.45) is 0 Å². The van der Waals surface area contributed by atoms with Crippen LogP contribution >= 0.6 is 23.4 Å². The minimum atomic E-state index is -1.09. The fourth-order valence-corrected chi connectivity index (χ4v) is 3.23. The van der Waals surface area contributed by atoms with Crippen molar-refractivity contribution >= 4 is 35.2 Å². The number of carbonyl (C=O) groups excluding carboxylic acids is 1. The number of hydrogen-bond donors (Lipinski definition) is 2. The number of amides is 1. The number of carboxylic acids is 1. The number of likely N-dealkylation sites (tertiary alicyclic amines) is 1. The van der Waals surface area contributed by atoms with Crippen LogP contribution in [0.3, 0.4) is 0 Å². The molecule has 1 amide bonds. The molecule has 0 unspecified atom stereocenters. The summed E-state index contributed by atoms with van der Waals surface area (Å²) in [6.07, 6.45) is -0.692. The zero-order chi connectivity index (χ0) is 14.7. The fourth-order valence-electron chi connectivity index (χ4n) is 2.11. The number of aliphatic hydroxyl groups is 1. The molecule has 0 radical (unpaired) electrons.